The Morgan fingerprint density at radius 3 is 2.25 bits per heavy atom. The Morgan fingerprint density at radius 1 is 0.950 bits per heavy atom. The zero-order chi connectivity index (χ0) is 14.5. The zero-order valence-corrected chi connectivity index (χ0v) is 12.4. The summed E-state index contributed by atoms with van der Waals surface area (Å²) in [5, 5.41) is 10.4. The number of hydrogen-bond acceptors (Lipinski definition) is 2. The van der Waals surface area contributed by atoms with Gasteiger partial charge in [0.15, 0.2) is 0 Å². The quantitative estimate of drug-likeness (QED) is 0.901. The molecular formula is C18H22O2. The van der Waals surface area contributed by atoms with E-state index in [1.54, 1.807) is 7.11 Å². The first-order valence-corrected chi connectivity index (χ1v) is 6.97. The molecule has 0 aliphatic heterocycles. The van der Waals surface area contributed by atoms with E-state index in [9.17, 15) is 5.11 Å². The van der Waals surface area contributed by atoms with Gasteiger partial charge < -0.3 is 9.84 Å². The average Bonchev–Trinajstić information content (AvgIpc) is 2.44. The molecule has 20 heavy (non-hydrogen) atoms. The third-order valence-electron chi connectivity index (χ3n) is 3.73. The Hall–Kier alpha value is -1.80. The number of aliphatic hydroxyl groups excluding tert-OH is 1. The second-order valence-electron chi connectivity index (χ2n) is 5.24. The average molecular weight is 270 g/mol. The summed E-state index contributed by atoms with van der Waals surface area (Å²) in [5.41, 5.74) is 4.77. The standard InChI is InChI=1S/C18H22O2/c1-13-7-6-8-14(2)17(13)12-16(19)11-15-9-4-5-10-18(15)20-3/h4-10,16,19H,11-12H2,1-3H3. The van der Waals surface area contributed by atoms with Crippen molar-refractivity contribution in [3.05, 3.63) is 64.7 Å². The van der Waals surface area contributed by atoms with Gasteiger partial charge in [-0.25, -0.2) is 0 Å². The summed E-state index contributed by atoms with van der Waals surface area (Å²) in [4.78, 5) is 0. The SMILES string of the molecule is COc1ccccc1CC(O)Cc1c(C)cccc1C. The highest BCUT2D eigenvalue weighted by Gasteiger charge is 2.12. The molecule has 2 aromatic carbocycles. The number of para-hydroxylation sites is 1. The predicted molar refractivity (Wildman–Crippen MR) is 82.3 cm³/mol. The highest BCUT2D eigenvalue weighted by atomic mass is 16.5. The Labute approximate surface area is 121 Å². The molecule has 2 aromatic rings. The molecule has 1 atom stereocenters. The molecule has 0 radical (unpaired) electrons. The van der Waals surface area contributed by atoms with E-state index >= 15 is 0 Å². The largest absolute Gasteiger partial charge is 0.496 e. The molecule has 106 valence electrons. The van der Waals surface area contributed by atoms with Gasteiger partial charge in [-0.2, -0.15) is 0 Å². The van der Waals surface area contributed by atoms with Crippen molar-refractivity contribution in [2.24, 2.45) is 0 Å². The number of benzene rings is 2. The van der Waals surface area contributed by atoms with E-state index in [0.717, 1.165) is 11.3 Å². The Balaban J connectivity index is 2.11. The van der Waals surface area contributed by atoms with Gasteiger partial charge in [-0.15, -0.1) is 0 Å². The van der Waals surface area contributed by atoms with Crippen LogP contribution in [0.1, 0.15) is 22.3 Å². The molecule has 0 saturated carbocycles. The number of ether oxygens (including phenoxy) is 1. The summed E-state index contributed by atoms with van der Waals surface area (Å²) in [7, 11) is 1.66. The molecular weight excluding hydrogens is 248 g/mol. The number of rotatable bonds is 5. The van der Waals surface area contributed by atoms with Crippen molar-refractivity contribution in [1.82, 2.24) is 0 Å². The van der Waals surface area contributed by atoms with Crippen LogP contribution in [-0.4, -0.2) is 18.3 Å². The fourth-order valence-electron chi connectivity index (χ4n) is 2.60. The number of hydrogen-bond donors (Lipinski definition) is 1. The lowest BCUT2D eigenvalue weighted by molar-refractivity contribution is 0.174. The normalized spacial score (nSPS) is 12.2. The van der Waals surface area contributed by atoms with E-state index < -0.39 is 6.10 Å². The van der Waals surface area contributed by atoms with Gasteiger partial charge in [0, 0.05) is 6.42 Å². The Bertz CT molecular complexity index is 555. The summed E-state index contributed by atoms with van der Waals surface area (Å²) in [6.07, 6.45) is 0.889. The number of aliphatic hydroxyl groups is 1. The zero-order valence-electron chi connectivity index (χ0n) is 12.4. The van der Waals surface area contributed by atoms with Gasteiger partial charge in [0.2, 0.25) is 0 Å². The molecule has 0 aliphatic rings. The van der Waals surface area contributed by atoms with Crippen LogP contribution in [0.5, 0.6) is 5.75 Å². The molecule has 0 amide bonds. The van der Waals surface area contributed by atoms with Crippen LogP contribution in [0.15, 0.2) is 42.5 Å². The minimum atomic E-state index is -0.397. The van der Waals surface area contributed by atoms with Crippen LogP contribution in [0.2, 0.25) is 0 Å². The van der Waals surface area contributed by atoms with Crippen molar-refractivity contribution in [2.45, 2.75) is 32.8 Å². The first-order valence-electron chi connectivity index (χ1n) is 6.97. The van der Waals surface area contributed by atoms with E-state index in [2.05, 4.69) is 32.0 Å². The van der Waals surface area contributed by atoms with Gasteiger partial charge in [0.1, 0.15) is 5.75 Å². The molecule has 2 heteroatoms. The van der Waals surface area contributed by atoms with Gasteiger partial charge in [0.25, 0.3) is 0 Å². The maximum Gasteiger partial charge on any atom is 0.122 e. The van der Waals surface area contributed by atoms with Gasteiger partial charge in [0.05, 0.1) is 13.2 Å². The molecule has 0 aromatic heterocycles. The van der Waals surface area contributed by atoms with E-state index in [-0.39, 0.29) is 0 Å². The lowest BCUT2D eigenvalue weighted by Crippen LogP contribution is -2.16. The first kappa shape index (κ1) is 14.6. The lowest BCUT2D eigenvalue weighted by atomic mass is 9.94. The molecule has 0 fully saturated rings. The van der Waals surface area contributed by atoms with Crippen LogP contribution < -0.4 is 4.74 Å². The van der Waals surface area contributed by atoms with Crippen LogP contribution in [-0.2, 0) is 12.8 Å². The smallest absolute Gasteiger partial charge is 0.122 e. The van der Waals surface area contributed by atoms with E-state index in [4.69, 9.17) is 4.74 Å². The lowest BCUT2D eigenvalue weighted by Gasteiger charge is -2.16. The van der Waals surface area contributed by atoms with Gasteiger partial charge >= 0.3 is 0 Å². The molecule has 1 N–H and O–H groups in total. The second-order valence-corrected chi connectivity index (χ2v) is 5.24. The maximum absolute atomic E-state index is 10.4. The minimum Gasteiger partial charge on any atom is -0.496 e. The van der Waals surface area contributed by atoms with Gasteiger partial charge in [-0.05, 0) is 48.6 Å². The third-order valence-corrected chi connectivity index (χ3v) is 3.73. The van der Waals surface area contributed by atoms with Crippen LogP contribution in [0.3, 0.4) is 0 Å². The van der Waals surface area contributed by atoms with Crippen LogP contribution in [0.25, 0.3) is 0 Å². The Morgan fingerprint density at radius 2 is 1.60 bits per heavy atom. The first-order chi connectivity index (χ1) is 9.61. The second kappa shape index (κ2) is 6.58. The van der Waals surface area contributed by atoms with E-state index in [0.29, 0.717) is 12.8 Å². The topological polar surface area (TPSA) is 29.5 Å². The van der Waals surface area contributed by atoms with Crippen molar-refractivity contribution in [1.29, 1.82) is 0 Å². The molecule has 2 nitrogen and oxygen atoms in total. The van der Waals surface area contributed by atoms with Crippen LogP contribution in [0, 0.1) is 13.8 Å². The van der Waals surface area contributed by atoms with Gasteiger partial charge in [-0.3, -0.25) is 0 Å². The molecule has 0 saturated heterocycles. The maximum atomic E-state index is 10.4. The highest BCUT2D eigenvalue weighted by molar-refractivity contribution is 5.36. The van der Waals surface area contributed by atoms with Crippen molar-refractivity contribution in [3.63, 3.8) is 0 Å². The predicted octanol–water partition coefficient (Wildman–Crippen LogP) is 3.46. The van der Waals surface area contributed by atoms with Crippen molar-refractivity contribution >= 4 is 0 Å². The monoisotopic (exact) mass is 270 g/mol. The number of methoxy groups -OCH3 is 1. The Kier molecular flexibility index (Phi) is 4.80. The van der Waals surface area contributed by atoms with E-state index in [1.165, 1.54) is 16.7 Å². The molecule has 0 aliphatic carbocycles. The molecule has 1 unspecified atom stereocenters. The summed E-state index contributed by atoms with van der Waals surface area (Å²) >= 11 is 0. The summed E-state index contributed by atoms with van der Waals surface area (Å²) in [6.45, 7) is 4.19. The van der Waals surface area contributed by atoms with Gasteiger partial charge in [-0.1, -0.05) is 36.4 Å². The minimum absolute atomic E-state index is 0.397. The summed E-state index contributed by atoms with van der Waals surface area (Å²) in [6, 6.07) is 14.1. The van der Waals surface area contributed by atoms with E-state index in [1.807, 2.05) is 24.3 Å². The van der Waals surface area contributed by atoms with Crippen molar-refractivity contribution < 1.29 is 9.84 Å². The molecule has 0 spiro atoms. The molecule has 0 heterocycles. The molecule has 0 bridgehead atoms. The van der Waals surface area contributed by atoms with Crippen molar-refractivity contribution in [2.75, 3.05) is 7.11 Å². The molecule has 2 rings (SSSR count). The highest BCUT2D eigenvalue weighted by Crippen LogP contribution is 2.21. The fraction of sp³-hybridized carbons (Fsp3) is 0.333. The third kappa shape index (κ3) is 3.40. The van der Waals surface area contributed by atoms with Crippen molar-refractivity contribution in [3.8, 4) is 5.75 Å². The van der Waals surface area contributed by atoms with Crippen LogP contribution >= 0.6 is 0 Å². The summed E-state index contributed by atoms with van der Waals surface area (Å²) in [5.74, 6) is 0.841. The summed E-state index contributed by atoms with van der Waals surface area (Å²) < 4.78 is 5.33. The fourth-order valence-corrected chi connectivity index (χ4v) is 2.60. The number of aryl methyl sites for hydroxylation is 2. The van der Waals surface area contributed by atoms with Crippen LogP contribution in [0.4, 0.5) is 0 Å².